The van der Waals surface area contributed by atoms with Gasteiger partial charge in [0.05, 0.1) is 18.2 Å². The molecule has 0 spiro atoms. The fraction of sp³-hybridized carbons (Fsp3) is 0.286. The summed E-state index contributed by atoms with van der Waals surface area (Å²) >= 11 is 6.30. The molecule has 2 aromatic carbocycles. The molecule has 0 aliphatic heterocycles. The minimum absolute atomic E-state index is 0.390. The first-order valence-corrected chi connectivity index (χ1v) is 9.23. The van der Waals surface area contributed by atoms with E-state index in [2.05, 4.69) is 16.1 Å². The number of anilines is 1. The van der Waals surface area contributed by atoms with Crippen LogP contribution in [-0.2, 0) is 6.54 Å². The lowest BCUT2D eigenvalue weighted by Crippen LogP contribution is -2.21. The van der Waals surface area contributed by atoms with Gasteiger partial charge in [-0.2, -0.15) is 0 Å². The number of hydrogen-bond donors (Lipinski definition) is 3. The molecule has 3 N–H and O–H groups in total. The van der Waals surface area contributed by atoms with Gasteiger partial charge < -0.3 is 10.1 Å². The highest BCUT2D eigenvalue weighted by Gasteiger charge is 2.06. The van der Waals surface area contributed by atoms with Crippen LogP contribution in [-0.4, -0.2) is 42.8 Å². The Balaban J connectivity index is 1.81. The Morgan fingerprint density at radius 3 is 2.68 bits per heavy atom. The minimum atomic E-state index is -0.537. The van der Waals surface area contributed by atoms with E-state index in [9.17, 15) is 4.79 Å². The molecule has 148 valence electrons. The molecule has 0 aliphatic rings. The van der Waals surface area contributed by atoms with Gasteiger partial charge in [-0.1, -0.05) is 29.7 Å². The summed E-state index contributed by atoms with van der Waals surface area (Å²) in [6.45, 7) is 2.62. The van der Waals surface area contributed by atoms with Gasteiger partial charge in [0.2, 0.25) is 0 Å². The monoisotopic (exact) mass is 401 g/mol. The van der Waals surface area contributed by atoms with Crippen molar-refractivity contribution in [3.8, 4) is 18.1 Å². The van der Waals surface area contributed by atoms with Crippen LogP contribution in [0.15, 0.2) is 42.5 Å². The molecule has 0 saturated heterocycles. The number of benzene rings is 2. The zero-order valence-electron chi connectivity index (χ0n) is 15.7. The number of nitrogens with zero attached hydrogens (tertiary/aromatic N) is 1. The van der Waals surface area contributed by atoms with Crippen molar-refractivity contribution in [2.24, 2.45) is 0 Å². The number of halogens is 1. The third-order valence-corrected chi connectivity index (χ3v) is 4.34. The average molecular weight is 402 g/mol. The van der Waals surface area contributed by atoms with E-state index in [-0.39, 0.29) is 0 Å². The maximum Gasteiger partial charge on any atom is 0.274 e. The number of terminal acetylenes is 1. The molecule has 0 radical (unpaired) electrons. The molecule has 6 nitrogen and oxygen atoms in total. The Kier molecular flexibility index (Phi) is 8.63. The number of nitrogens with one attached hydrogen (secondary N) is 2. The van der Waals surface area contributed by atoms with E-state index in [4.69, 9.17) is 28.0 Å². The van der Waals surface area contributed by atoms with Crippen molar-refractivity contribution < 1.29 is 14.7 Å². The molecule has 2 rings (SSSR count). The normalized spacial score (nSPS) is 10.4. The Bertz CT molecular complexity index is 819. The molecule has 0 bridgehead atoms. The summed E-state index contributed by atoms with van der Waals surface area (Å²) in [5, 5.41) is 12.4. The van der Waals surface area contributed by atoms with Crippen molar-refractivity contribution in [1.82, 2.24) is 10.4 Å². The van der Waals surface area contributed by atoms with E-state index in [0.29, 0.717) is 36.0 Å². The molecule has 0 atom stereocenters. The van der Waals surface area contributed by atoms with Gasteiger partial charge in [0, 0.05) is 24.3 Å². The van der Waals surface area contributed by atoms with Gasteiger partial charge >= 0.3 is 0 Å². The summed E-state index contributed by atoms with van der Waals surface area (Å²) in [7, 11) is 1.97. The van der Waals surface area contributed by atoms with Crippen LogP contribution >= 0.6 is 11.6 Å². The van der Waals surface area contributed by atoms with Gasteiger partial charge in [-0.25, -0.2) is 5.48 Å². The molecular formula is C21H24ClN3O3. The number of ether oxygens (including phenoxy) is 1. The molecule has 1 amide bonds. The predicted octanol–water partition coefficient (Wildman–Crippen LogP) is 3.41. The van der Waals surface area contributed by atoms with Gasteiger partial charge in [0.1, 0.15) is 5.75 Å². The zero-order valence-corrected chi connectivity index (χ0v) is 16.5. The number of amides is 1. The molecule has 0 heterocycles. The molecule has 28 heavy (non-hydrogen) atoms. The van der Waals surface area contributed by atoms with E-state index in [1.165, 1.54) is 0 Å². The summed E-state index contributed by atoms with van der Waals surface area (Å²) in [6, 6.07) is 12.5. The van der Waals surface area contributed by atoms with E-state index in [0.717, 1.165) is 24.2 Å². The van der Waals surface area contributed by atoms with Crippen molar-refractivity contribution in [1.29, 1.82) is 0 Å². The van der Waals surface area contributed by atoms with Gasteiger partial charge in [-0.05, 0) is 49.4 Å². The largest absolute Gasteiger partial charge is 0.492 e. The standard InChI is InChI=1S/C21H24ClN3O3/c1-3-11-25(2)12-4-13-28-20-10-9-18(14-19(20)22)23-15-16-5-7-17(8-6-16)21(26)24-27/h1,5-10,14,23,27H,4,11-13,15H2,2H3,(H,24,26). The lowest BCUT2D eigenvalue weighted by Gasteiger charge is -2.14. The molecule has 0 unspecified atom stereocenters. The fourth-order valence-electron chi connectivity index (χ4n) is 2.52. The van der Waals surface area contributed by atoms with Gasteiger partial charge in [0.15, 0.2) is 0 Å². The van der Waals surface area contributed by atoms with Crippen molar-refractivity contribution in [3.05, 3.63) is 58.6 Å². The Labute approximate surface area is 170 Å². The average Bonchev–Trinajstić information content (AvgIpc) is 2.71. The van der Waals surface area contributed by atoms with Crippen LogP contribution in [0.2, 0.25) is 5.02 Å². The minimum Gasteiger partial charge on any atom is -0.492 e. The lowest BCUT2D eigenvalue weighted by atomic mass is 10.1. The molecule has 0 fully saturated rings. The maximum absolute atomic E-state index is 11.3. The smallest absolute Gasteiger partial charge is 0.274 e. The van der Waals surface area contributed by atoms with Gasteiger partial charge in [-0.3, -0.25) is 14.9 Å². The second-order valence-corrected chi connectivity index (χ2v) is 6.69. The first-order valence-electron chi connectivity index (χ1n) is 8.85. The number of carbonyl (C=O) groups excluding carboxylic acids is 1. The van der Waals surface area contributed by atoms with E-state index in [1.54, 1.807) is 17.6 Å². The number of hydroxylamine groups is 1. The summed E-state index contributed by atoms with van der Waals surface area (Å²) in [4.78, 5) is 13.4. The summed E-state index contributed by atoms with van der Waals surface area (Å²) in [5.41, 5.74) is 3.85. The van der Waals surface area contributed by atoms with Crippen LogP contribution in [0.5, 0.6) is 5.75 Å². The Morgan fingerprint density at radius 2 is 2.04 bits per heavy atom. The van der Waals surface area contributed by atoms with E-state index >= 15 is 0 Å². The van der Waals surface area contributed by atoms with Gasteiger partial charge in [-0.15, -0.1) is 6.42 Å². The van der Waals surface area contributed by atoms with Crippen LogP contribution < -0.4 is 15.5 Å². The first kappa shape index (κ1) is 21.6. The van der Waals surface area contributed by atoms with Crippen molar-refractivity contribution in [2.45, 2.75) is 13.0 Å². The van der Waals surface area contributed by atoms with Crippen molar-refractivity contribution >= 4 is 23.2 Å². The predicted molar refractivity (Wildman–Crippen MR) is 111 cm³/mol. The first-order chi connectivity index (χ1) is 13.5. The Morgan fingerprint density at radius 1 is 1.29 bits per heavy atom. The lowest BCUT2D eigenvalue weighted by molar-refractivity contribution is 0.0706. The number of rotatable bonds is 10. The number of hydrogen-bond acceptors (Lipinski definition) is 5. The van der Waals surface area contributed by atoms with Crippen molar-refractivity contribution in [3.63, 3.8) is 0 Å². The third-order valence-electron chi connectivity index (χ3n) is 4.05. The quantitative estimate of drug-likeness (QED) is 0.246. The van der Waals surface area contributed by atoms with E-state index < -0.39 is 5.91 Å². The number of carbonyl (C=O) groups is 1. The van der Waals surface area contributed by atoms with Crippen LogP contribution in [0.4, 0.5) is 5.69 Å². The van der Waals surface area contributed by atoms with Crippen LogP contribution in [0.1, 0.15) is 22.3 Å². The molecule has 0 aromatic heterocycles. The highest BCUT2D eigenvalue weighted by atomic mass is 35.5. The zero-order chi connectivity index (χ0) is 20.4. The van der Waals surface area contributed by atoms with Crippen LogP contribution in [0.3, 0.4) is 0 Å². The molecule has 0 saturated carbocycles. The second-order valence-electron chi connectivity index (χ2n) is 6.28. The maximum atomic E-state index is 11.3. The second kappa shape index (κ2) is 11.2. The van der Waals surface area contributed by atoms with Crippen LogP contribution in [0.25, 0.3) is 0 Å². The Hall–Kier alpha value is -2.72. The van der Waals surface area contributed by atoms with Crippen molar-refractivity contribution in [2.75, 3.05) is 32.1 Å². The third kappa shape index (κ3) is 6.78. The molecule has 0 aliphatic carbocycles. The topological polar surface area (TPSA) is 73.8 Å². The molecule has 2 aromatic rings. The summed E-state index contributed by atoms with van der Waals surface area (Å²) < 4.78 is 5.73. The highest BCUT2D eigenvalue weighted by Crippen LogP contribution is 2.28. The SMILES string of the molecule is C#CCN(C)CCCOc1ccc(NCc2ccc(C(=O)NO)cc2)cc1Cl. The fourth-order valence-corrected chi connectivity index (χ4v) is 2.76. The van der Waals surface area contributed by atoms with Crippen LogP contribution in [0, 0.1) is 12.3 Å². The van der Waals surface area contributed by atoms with E-state index in [1.807, 2.05) is 37.4 Å². The molecular weight excluding hydrogens is 378 g/mol. The summed E-state index contributed by atoms with van der Waals surface area (Å²) in [6.07, 6.45) is 6.13. The van der Waals surface area contributed by atoms with Gasteiger partial charge in [0.25, 0.3) is 5.91 Å². The molecule has 7 heteroatoms. The summed E-state index contributed by atoms with van der Waals surface area (Å²) in [5.74, 6) is 2.71. The highest BCUT2D eigenvalue weighted by molar-refractivity contribution is 6.32.